The van der Waals surface area contributed by atoms with Crippen LogP contribution in [0.25, 0.3) is 0 Å². The van der Waals surface area contributed by atoms with E-state index in [1.807, 2.05) is 0 Å². The molecule has 3 N–H and O–H groups in total. The number of hydrogen-bond acceptors (Lipinski definition) is 4. The van der Waals surface area contributed by atoms with Crippen molar-refractivity contribution < 1.29 is 0 Å². The van der Waals surface area contributed by atoms with Gasteiger partial charge in [-0.15, -0.1) is 5.10 Å². The van der Waals surface area contributed by atoms with Gasteiger partial charge in [-0.25, -0.2) is 0 Å². The monoisotopic (exact) mass is 289 g/mol. The van der Waals surface area contributed by atoms with Crippen LogP contribution in [-0.4, -0.2) is 34.8 Å². The molecule has 2 bridgehead atoms. The Morgan fingerprint density at radius 1 is 1.14 bits per heavy atom. The number of aromatic amines is 1. The number of H-pyrrole nitrogens is 1. The van der Waals surface area contributed by atoms with Crippen LogP contribution >= 0.6 is 0 Å². The molecule has 1 aromatic heterocycles. The van der Waals surface area contributed by atoms with Gasteiger partial charge in [-0.2, -0.15) is 4.98 Å². The summed E-state index contributed by atoms with van der Waals surface area (Å²) in [5.74, 6) is 5.52. The zero-order valence-corrected chi connectivity index (χ0v) is 12.8. The average Bonchev–Trinajstić information content (AvgIpc) is 3.24. The smallest absolute Gasteiger partial charge is 0.244 e. The van der Waals surface area contributed by atoms with Crippen molar-refractivity contribution >= 4 is 5.95 Å². The molecule has 21 heavy (non-hydrogen) atoms. The summed E-state index contributed by atoms with van der Waals surface area (Å²) in [7, 11) is 0. The quantitative estimate of drug-likeness (QED) is 0.889. The van der Waals surface area contributed by atoms with Crippen LogP contribution in [0.3, 0.4) is 0 Å². The molecule has 3 unspecified atom stereocenters. The topological polar surface area (TPSA) is 70.8 Å². The van der Waals surface area contributed by atoms with E-state index in [1.54, 1.807) is 0 Å². The van der Waals surface area contributed by atoms with Crippen LogP contribution < -0.4 is 10.6 Å². The van der Waals surface area contributed by atoms with Gasteiger partial charge in [0.05, 0.1) is 0 Å². The summed E-state index contributed by atoms with van der Waals surface area (Å²) in [4.78, 5) is 7.07. The van der Waals surface area contributed by atoms with Gasteiger partial charge >= 0.3 is 0 Å². The lowest BCUT2D eigenvalue weighted by Gasteiger charge is -2.30. The molecule has 2 aliphatic carbocycles. The lowest BCUT2D eigenvalue weighted by molar-refractivity contribution is 0.327. The Kier molecular flexibility index (Phi) is 3.61. The van der Waals surface area contributed by atoms with Gasteiger partial charge < -0.3 is 10.6 Å². The van der Waals surface area contributed by atoms with Crippen LogP contribution in [0.2, 0.25) is 0 Å². The van der Waals surface area contributed by atoms with Crippen molar-refractivity contribution in [3.8, 4) is 0 Å². The molecule has 0 amide bonds. The predicted octanol–water partition coefficient (Wildman–Crippen LogP) is 1.96. The van der Waals surface area contributed by atoms with E-state index in [1.165, 1.54) is 38.5 Å². The molecule has 1 aliphatic heterocycles. The second-order valence-electron chi connectivity index (χ2n) is 7.39. The second-order valence-corrected chi connectivity index (χ2v) is 7.39. The molecule has 0 radical (unpaired) electrons. The average molecular weight is 289 g/mol. The van der Waals surface area contributed by atoms with Crippen molar-refractivity contribution in [1.29, 1.82) is 0 Å². The van der Waals surface area contributed by atoms with Crippen molar-refractivity contribution in [3.63, 3.8) is 0 Å². The number of anilines is 1. The molecule has 4 rings (SSSR count). The fourth-order valence-corrected chi connectivity index (χ4v) is 4.76. The Morgan fingerprint density at radius 2 is 2.00 bits per heavy atom. The molecule has 1 aromatic rings. The van der Waals surface area contributed by atoms with E-state index in [4.69, 9.17) is 10.7 Å². The van der Waals surface area contributed by atoms with Crippen molar-refractivity contribution in [2.24, 2.45) is 29.4 Å². The Labute approximate surface area is 126 Å². The van der Waals surface area contributed by atoms with Gasteiger partial charge in [0.15, 0.2) is 0 Å². The summed E-state index contributed by atoms with van der Waals surface area (Å²) in [6, 6.07) is 0. The number of rotatable bonds is 4. The van der Waals surface area contributed by atoms with Crippen molar-refractivity contribution in [3.05, 3.63) is 5.82 Å². The maximum atomic E-state index is 5.76. The van der Waals surface area contributed by atoms with Crippen LogP contribution in [0.4, 0.5) is 5.95 Å². The molecule has 3 aliphatic rings. The van der Waals surface area contributed by atoms with Gasteiger partial charge in [-0.3, -0.25) is 5.10 Å². The largest absolute Gasteiger partial charge is 0.340 e. The molecule has 5 heteroatoms. The van der Waals surface area contributed by atoms with Gasteiger partial charge in [-0.05, 0) is 62.3 Å². The summed E-state index contributed by atoms with van der Waals surface area (Å²) in [6.45, 7) is 2.91. The third-order valence-electron chi connectivity index (χ3n) is 6.09. The van der Waals surface area contributed by atoms with Crippen molar-refractivity contribution in [2.45, 2.75) is 44.9 Å². The number of fused-ring (bicyclic) bond motifs is 2. The minimum Gasteiger partial charge on any atom is -0.340 e. The molecular formula is C16H27N5. The fourth-order valence-electron chi connectivity index (χ4n) is 4.76. The molecule has 5 nitrogen and oxygen atoms in total. The first-order valence-electron chi connectivity index (χ1n) is 8.68. The van der Waals surface area contributed by atoms with Crippen molar-refractivity contribution in [2.75, 3.05) is 24.5 Å². The SMILES string of the molecule is NCC1CCN(c2n[nH]c(CC3CC4CCC3C4)n2)CC1. The number of hydrogen-bond donors (Lipinski definition) is 2. The van der Waals surface area contributed by atoms with Gasteiger partial charge in [0, 0.05) is 19.5 Å². The maximum absolute atomic E-state index is 5.76. The number of aromatic nitrogens is 3. The lowest BCUT2D eigenvalue weighted by atomic mass is 9.86. The van der Waals surface area contributed by atoms with E-state index in [0.717, 1.165) is 55.6 Å². The van der Waals surface area contributed by atoms with Gasteiger partial charge in [0.2, 0.25) is 5.95 Å². The van der Waals surface area contributed by atoms with Gasteiger partial charge in [0.1, 0.15) is 5.82 Å². The molecule has 2 saturated carbocycles. The zero-order chi connectivity index (χ0) is 14.2. The summed E-state index contributed by atoms with van der Waals surface area (Å²) < 4.78 is 0. The molecule has 3 fully saturated rings. The molecule has 1 saturated heterocycles. The highest BCUT2D eigenvalue weighted by molar-refractivity contribution is 5.29. The normalized spacial score (nSPS) is 33.0. The molecule has 0 spiro atoms. The highest BCUT2D eigenvalue weighted by Crippen LogP contribution is 2.49. The van der Waals surface area contributed by atoms with Crippen LogP contribution in [0, 0.1) is 23.7 Å². The van der Waals surface area contributed by atoms with Crippen LogP contribution in [0.1, 0.15) is 44.3 Å². The minimum atomic E-state index is 0.689. The Bertz CT molecular complexity index is 477. The summed E-state index contributed by atoms with van der Waals surface area (Å²) in [6.07, 6.45) is 9.26. The predicted molar refractivity (Wildman–Crippen MR) is 83.0 cm³/mol. The molecule has 116 valence electrons. The highest BCUT2D eigenvalue weighted by Gasteiger charge is 2.39. The number of piperidine rings is 1. The molecular weight excluding hydrogens is 262 g/mol. The molecule has 2 heterocycles. The van der Waals surface area contributed by atoms with E-state index in [9.17, 15) is 0 Å². The number of nitrogens with one attached hydrogen (secondary N) is 1. The first-order valence-corrected chi connectivity index (χ1v) is 8.68. The summed E-state index contributed by atoms with van der Waals surface area (Å²) in [5, 5.41) is 7.64. The maximum Gasteiger partial charge on any atom is 0.244 e. The fraction of sp³-hybridized carbons (Fsp3) is 0.875. The van der Waals surface area contributed by atoms with E-state index in [0.29, 0.717) is 5.92 Å². The van der Waals surface area contributed by atoms with E-state index >= 15 is 0 Å². The summed E-state index contributed by atoms with van der Waals surface area (Å²) in [5.41, 5.74) is 5.76. The van der Waals surface area contributed by atoms with Crippen LogP contribution in [-0.2, 0) is 6.42 Å². The Morgan fingerprint density at radius 3 is 2.67 bits per heavy atom. The standard InChI is InChI=1S/C16H27N5/c17-10-11-3-5-21(6-4-11)16-18-15(19-20-16)9-14-8-12-1-2-13(14)7-12/h11-14H,1-10,17H2,(H,18,19,20). The van der Waals surface area contributed by atoms with Gasteiger partial charge in [0.25, 0.3) is 0 Å². The zero-order valence-electron chi connectivity index (χ0n) is 12.8. The van der Waals surface area contributed by atoms with E-state index in [-0.39, 0.29) is 0 Å². The Hall–Kier alpha value is -1.10. The summed E-state index contributed by atoms with van der Waals surface area (Å²) >= 11 is 0. The van der Waals surface area contributed by atoms with E-state index < -0.39 is 0 Å². The van der Waals surface area contributed by atoms with Crippen LogP contribution in [0.15, 0.2) is 0 Å². The lowest BCUT2D eigenvalue weighted by Crippen LogP contribution is -2.36. The molecule has 0 aromatic carbocycles. The minimum absolute atomic E-state index is 0.689. The molecule has 3 atom stereocenters. The first kappa shape index (κ1) is 13.6. The van der Waals surface area contributed by atoms with Crippen LogP contribution in [0.5, 0.6) is 0 Å². The Balaban J connectivity index is 1.35. The third-order valence-corrected chi connectivity index (χ3v) is 6.09. The second kappa shape index (κ2) is 5.59. The highest BCUT2D eigenvalue weighted by atomic mass is 15.4. The number of nitrogens with two attached hydrogens (primary N) is 1. The number of nitrogens with zero attached hydrogens (tertiary/aromatic N) is 3. The van der Waals surface area contributed by atoms with Crippen molar-refractivity contribution in [1.82, 2.24) is 15.2 Å². The first-order chi connectivity index (χ1) is 10.3. The van der Waals surface area contributed by atoms with E-state index in [2.05, 4.69) is 15.1 Å². The third kappa shape index (κ3) is 2.68. The van der Waals surface area contributed by atoms with Gasteiger partial charge in [-0.1, -0.05) is 6.42 Å².